The molecule has 6 nitrogen and oxygen atoms in total. The SMILES string of the molecule is CCCSc1nnc(S[C@H](C)C(=O)NC(=O)OC)s1. The maximum atomic E-state index is 11.6. The number of hydrogen-bond donors (Lipinski definition) is 1. The molecule has 0 aliphatic carbocycles. The number of carbonyl (C=O) groups excluding carboxylic acids is 2. The molecule has 0 saturated carbocycles. The van der Waals surface area contributed by atoms with E-state index >= 15 is 0 Å². The average Bonchev–Trinajstić information content (AvgIpc) is 2.83. The smallest absolute Gasteiger partial charge is 0.413 e. The fourth-order valence-electron chi connectivity index (χ4n) is 0.950. The Balaban J connectivity index is 2.47. The maximum absolute atomic E-state index is 11.6. The Morgan fingerprint density at radius 3 is 2.74 bits per heavy atom. The van der Waals surface area contributed by atoms with Gasteiger partial charge in [-0.05, 0) is 13.3 Å². The van der Waals surface area contributed by atoms with Crippen molar-refractivity contribution < 1.29 is 14.3 Å². The third kappa shape index (κ3) is 5.79. The Labute approximate surface area is 124 Å². The molecule has 0 fully saturated rings. The number of carbonyl (C=O) groups is 2. The van der Waals surface area contributed by atoms with E-state index in [4.69, 9.17) is 0 Å². The first kappa shape index (κ1) is 16.3. The highest BCUT2D eigenvalue weighted by Crippen LogP contribution is 2.31. The molecule has 1 rings (SSSR count). The summed E-state index contributed by atoms with van der Waals surface area (Å²) in [5.41, 5.74) is 0. The van der Waals surface area contributed by atoms with Crippen LogP contribution in [0.3, 0.4) is 0 Å². The third-order valence-electron chi connectivity index (χ3n) is 1.88. The van der Waals surface area contributed by atoms with Gasteiger partial charge < -0.3 is 4.74 Å². The molecule has 1 heterocycles. The minimum absolute atomic E-state index is 0.408. The van der Waals surface area contributed by atoms with Gasteiger partial charge in [0.05, 0.1) is 12.4 Å². The predicted octanol–water partition coefficient (Wildman–Crippen LogP) is 2.40. The first-order valence-electron chi connectivity index (χ1n) is 5.58. The van der Waals surface area contributed by atoms with E-state index in [0.29, 0.717) is 4.34 Å². The summed E-state index contributed by atoms with van der Waals surface area (Å²) >= 11 is 4.37. The second-order valence-corrected chi connectivity index (χ2v) is 7.33. The van der Waals surface area contributed by atoms with Crippen molar-refractivity contribution in [2.75, 3.05) is 12.9 Å². The van der Waals surface area contributed by atoms with Crippen LogP contribution in [0.4, 0.5) is 4.79 Å². The molecule has 1 N–H and O–H groups in total. The Kier molecular flexibility index (Phi) is 7.17. The summed E-state index contributed by atoms with van der Waals surface area (Å²) in [4.78, 5) is 22.5. The van der Waals surface area contributed by atoms with E-state index in [1.165, 1.54) is 30.2 Å². The molecular weight excluding hydrogens is 306 g/mol. The second-order valence-electron chi connectivity index (χ2n) is 3.42. The molecule has 106 valence electrons. The summed E-state index contributed by atoms with van der Waals surface area (Å²) in [5.74, 6) is 0.590. The number of imide groups is 1. The number of ether oxygens (including phenoxy) is 1. The zero-order valence-electron chi connectivity index (χ0n) is 10.8. The zero-order chi connectivity index (χ0) is 14.3. The normalized spacial score (nSPS) is 11.9. The lowest BCUT2D eigenvalue weighted by Crippen LogP contribution is -2.35. The molecule has 1 aromatic rings. The molecule has 9 heteroatoms. The fraction of sp³-hybridized carbons (Fsp3) is 0.600. The van der Waals surface area contributed by atoms with Crippen LogP contribution in [0.25, 0.3) is 0 Å². The number of nitrogens with zero attached hydrogens (tertiary/aromatic N) is 2. The number of alkyl carbamates (subject to hydrolysis) is 1. The molecule has 2 amide bonds. The van der Waals surface area contributed by atoms with Crippen molar-refractivity contribution in [3.63, 3.8) is 0 Å². The molecule has 0 radical (unpaired) electrons. The number of methoxy groups -OCH3 is 1. The average molecular weight is 321 g/mol. The van der Waals surface area contributed by atoms with Crippen molar-refractivity contribution in [1.82, 2.24) is 15.5 Å². The van der Waals surface area contributed by atoms with Crippen molar-refractivity contribution in [3.8, 4) is 0 Å². The number of aromatic nitrogens is 2. The first-order chi connectivity index (χ1) is 9.06. The van der Waals surface area contributed by atoms with Crippen LogP contribution in [-0.2, 0) is 9.53 Å². The second kappa shape index (κ2) is 8.39. The van der Waals surface area contributed by atoms with E-state index in [0.717, 1.165) is 16.5 Å². The summed E-state index contributed by atoms with van der Waals surface area (Å²) in [6, 6.07) is 0. The van der Waals surface area contributed by atoms with Crippen molar-refractivity contribution in [2.24, 2.45) is 0 Å². The summed E-state index contributed by atoms with van der Waals surface area (Å²) in [6.07, 6.45) is 0.318. The van der Waals surface area contributed by atoms with E-state index in [1.807, 2.05) is 0 Å². The molecule has 0 bridgehead atoms. The molecule has 0 aliphatic rings. The van der Waals surface area contributed by atoms with Gasteiger partial charge in [-0.2, -0.15) is 0 Å². The predicted molar refractivity (Wildman–Crippen MR) is 76.8 cm³/mol. The molecule has 0 unspecified atom stereocenters. The number of amides is 2. The van der Waals surface area contributed by atoms with Gasteiger partial charge in [-0.25, -0.2) is 4.79 Å². The highest BCUT2D eigenvalue weighted by atomic mass is 32.2. The maximum Gasteiger partial charge on any atom is 0.413 e. The van der Waals surface area contributed by atoms with E-state index in [2.05, 4.69) is 27.2 Å². The highest BCUT2D eigenvalue weighted by Gasteiger charge is 2.19. The Hall–Kier alpha value is -0.800. The molecule has 0 aliphatic heterocycles. The Morgan fingerprint density at radius 1 is 1.42 bits per heavy atom. The van der Waals surface area contributed by atoms with Crippen LogP contribution in [0.1, 0.15) is 20.3 Å². The first-order valence-corrected chi connectivity index (χ1v) is 8.26. The summed E-state index contributed by atoms with van der Waals surface area (Å²) in [7, 11) is 1.21. The van der Waals surface area contributed by atoms with Crippen LogP contribution in [0.15, 0.2) is 8.68 Å². The van der Waals surface area contributed by atoms with Gasteiger partial charge in [0.1, 0.15) is 0 Å². The van der Waals surface area contributed by atoms with Crippen molar-refractivity contribution in [3.05, 3.63) is 0 Å². The fourth-order valence-corrected chi connectivity index (χ4v) is 4.04. The van der Waals surface area contributed by atoms with Gasteiger partial charge in [-0.3, -0.25) is 10.1 Å². The van der Waals surface area contributed by atoms with Gasteiger partial charge in [0, 0.05) is 5.75 Å². The minimum Gasteiger partial charge on any atom is -0.453 e. The summed E-state index contributed by atoms with van der Waals surface area (Å²) in [5, 5.41) is 9.72. The lowest BCUT2D eigenvalue weighted by molar-refractivity contribution is -0.119. The summed E-state index contributed by atoms with van der Waals surface area (Å²) < 4.78 is 5.97. The molecule has 1 atom stereocenters. The Bertz CT molecular complexity index is 439. The van der Waals surface area contributed by atoms with Crippen molar-refractivity contribution in [1.29, 1.82) is 0 Å². The molecule has 19 heavy (non-hydrogen) atoms. The van der Waals surface area contributed by atoms with Crippen LogP contribution < -0.4 is 5.32 Å². The molecule has 0 aromatic carbocycles. The van der Waals surface area contributed by atoms with E-state index in [9.17, 15) is 9.59 Å². The van der Waals surface area contributed by atoms with E-state index in [-0.39, 0.29) is 0 Å². The van der Waals surface area contributed by atoms with Crippen molar-refractivity contribution in [2.45, 2.75) is 34.2 Å². The number of rotatable bonds is 6. The standard InChI is InChI=1S/C10H15N3O3S3/c1-4-5-17-9-12-13-10(19-9)18-6(2)7(14)11-8(15)16-3/h6H,4-5H2,1-3H3,(H,11,14,15)/t6-/m1/s1. The van der Waals surface area contributed by atoms with Gasteiger partial charge in [0.15, 0.2) is 8.68 Å². The molecule has 0 saturated heterocycles. The van der Waals surface area contributed by atoms with Crippen LogP contribution in [-0.4, -0.2) is 40.3 Å². The van der Waals surface area contributed by atoms with Gasteiger partial charge in [0.2, 0.25) is 5.91 Å². The largest absolute Gasteiger partial charge is 0.453 e. The van der Waals surface area contributed by atoms with Crippen LogP contribution in [0, 0.1) is 0 Å². The third-order valence-corrected chi connectivity index (χ3v) is 5.32. The highest BCUT2D eigenvalue weighted by molar-refractivity contribution is 8.03. The monoisotopic (exact) mass is 321 g/mol. The minimum atomic E-state index is -0.756. The quantitative estimate of drug-likeness (QED) is 0.806. The molecule has 0 spiro atoms. The molecular formula is C10H15N3O3S3. The van der Waals surface area contributed by atoms with Gasteiger partial charge in [0.25, 0.3) is 0 Å². The summed E-state index contributed by atoms with van der Waals surface area (Å²) in [6.45, 7) is 3.80. The van der Waals surface area contributed by atoms with E-state index in [1.54, 1.807) is 18.7 Å². The lowest BCUT2D eigenvalue weighted by Gasteiger charge is -2.07. The number of hydrogen-bond acceptors (Lipinski definition) is 8. The topological polar surface area (TPSA) is 81.2 Å². The Morgan fingerprint density at radius 2 is 2.11 bits per heavy atom. The lowest BCUT2D eigenvalue weighted by atomic mass is 10.4. The number of thioether (sulfide) groups is 2. The van der Waals surface area contributed by atoms with Gasteiger partial charge >= 0.3 is 6.09 Å². The zero-order valence-corrected chi connectivity index (χ0v) is 13.3. The van der Waals surface area contributed by atoms with Gasteiger partial charge in [-0.15, -0.1) is 10.2 Å². The number of nitrogens with one attached hydrogen (secondary N) is 1. The molecule has 1 aromatic heterocycles. The van der Waals surface area contributed by atoms with Crippen molar-refractivity contribution >= 4 is 46.9 Å². The van der Waals surface area contributed by atoms with Crippen LogP contribution >= 0.6 is 34.9 Å². The van der Waals surface area contributed by atoms with Crippen LogP contribution in [0.2, 0.25) is 0 Å². The van der Waals surface area contributed by atoms with Gasteiger partial charge in [-0.1, -0.05) is 41.8 Å². The van der Waals surface area contributed by atoms with E-state index < -0.39 is 17.3 Å². The van der Waals surface area contributed by atoms with Crippen LogP contribution in [0.5, 0.6) is 0 Å².